The van der Waals surface area contributed by atoms with Crippen LogP contribution in [0.1, 0.15) is 34.4 Å². The third kappa shape index (κ3) is 3.15. The van der Waals surface area contributed by atoms with E-state index < -0.39 is 0 Å². The Balaban J connectivity index is 0.00000192. The summed E-state index contributed by atoms with van der Waals surface area (Å²) in [5.74, 6) is 0. The van der Waals surface area contributed by atoms with Crippen molar-refractivity contribution in [2.45, 2.75) is 39.5 Å². The Morgan fingerprint density at radius 2 is 1.61 bits per heavy atom. The summed E-state index contributed by atoms with van der Waals surface area (Å²) in [7, 11) is 0. The minimum absolute atomic E-state index is 0. The highest BCUT2D eigenvalue weighted by atomic mass is 35.5. The van der Waals surface area contributed by atoms with Crippen molar-refractivity contribution in [1.29, 1.82) is 0 Å². The number of aromatic nitrogens is 1. The lowest BCUT2D eigenvalue weighted by Crippen LogP contribution is -3.00. The first kappa shape index (κ1) is 19.2. The zero-order valence-electron chi connectivity index (χ0n) is 16.3. The van der Waals surface area contributed by atoms with Gasteiger partial charge in [0.25, 0.3) is 0 Å². The number of fused-ring (bicyclic) bond motifs is 3. The lowest BCUT2D eigenvalue weighted by atomic mass is 9.89. The third-order valence-corrected chi connectivity index (χ3v) is 6.89. The molecule has 0 bridgehead atoms. The molecule has 0 atom stereocenters. The molecule has 0 radical (unpaired) electrons. The van der Waals surface area contributed by atoms with Crippen molar-refractivity contribution in [3.05, 3.63) is 76.2 Å². The van der Waals surface area contributed by atoms with Crippen LogP contribution in [0.4, 0.5) is 0 Å². The van der Waals surface area contributed by atoms with Crippen LogP contribution in [0, 0.1) is 13.8 Å². The van der Waals surface area contributed by atoms with E-state index in [0.29, 0.717) is 0 Å². The summed E-state index contributed by atoms with van der Waals surface area (Å²) in [6, 6.07) is 19.6. The fourth-order valence-corrected chi connectivity index (χ4v) is 5.69. The molecular formula is C25H23ClNS-. The molecule has 2 aromatic carbocycles. The molecule has 2 heterocycles. The molecule has 28 heavy (non-hydrogen) atoms. The molecule has 1 aliphatic rings. The molecule has 0 amide bonds. The minimum Gasteiger partial charge on any atom is -1.00 e. The maximum Gasteiger partial charge on any atom is 0.125 e. The van der Waals surface area contributed by atoms with E-state index in [1.165, 1.54) is 63.7 Å². The van der Waals surface area contributed by atoms with Gasteiger partial charge >= 0.3 is 0 Å². The Kier molecular flexibility index (Phi) is 5.27. The van der Waals surface area contributed by atoms with Crippen LogP contribution in [0.3, 0.4) is 0 Å². The van der Waals surface area contributed by atoms with Crippen molar-refractivity contribution >= 4 is 21.6 Å². The van der Waals surface area contributed by atoms with Gasteiger partial charge in [-0.3, -0.25) is 0 Å². The monoisotopic (exact) mass is 404 g/mol. The molecule has 3 heteroatoms. The molecule has 0 saturated carbocycles. The predicted octanol–water partition coefficient (Wildman–Crippen LogP) is 4.13. The van der Waals surface area contributed by atoms with E-state index in [1.54, 1.807) is 10.4 Å². The maximum atomic E-state index is 5.18. The molecular weight excluding hydrogens is 382 g/mol. The minimum atomic E-state index is 0. The molecule has 0 N–H and O–H groups in total. The van der Waals surface area contributed by atoms with Gasteiger partial charge in [0, 0.05) is 15.8 Å². The standard InChI is InChI=1S/C25H23NS.ClH/c1-16-9-8-12-19(15-16)22-17(2)24(18-10-4-3-5-11-18)26-25-23(22)20-13-6-7-14-21(20)27-25;/h3-5,8-12,15H,6-7,13-14H2,1-2H3;1H/p-1. The highest BCUT2D eigenvalue weighted by Crippen LogP contribution is 2.44. The number of halogens is 1. The van der Waals surface area contributed by atoms with Gasteiger partial charge in [0.2, 0.25) is 0 Å². The second kappa shape index (κ2) is 7.69. The van der Waals surface area contributed by atoms with Gasteiger partial charge in [0.15, 0.2) is 0 Å². The van der Waals surface area contributed by atoms with Crippen molar-refractivity contribution in [1.82, 2.24) is 4.98 Å². The zero-order chi connectivity index (χ0) is 18.4. The molecule has 0 unspecified atom stereocenters. The smallest absolute Gasteiger partial charge is 0.125 e. The summed E-state index contributed by atoms with van der Waals surface area (Å²) >= 11 is 1.92. The van der Waals surface area contributed by atoms with Crippen LogP contribution < -0.4 is 12.4 Å². The van der Waals surface area contributed by atoms with Gasteiger partial charge in [0.05, 0.1) is 5.69 Å². The molecule has 4 aromatic rings. The first-order valence-electron chi connectivity index (χ1n) is 9.79. The fourth-order valence-electron chi connectivity index (χ4n) is 4.42. The number of benzene rings is 2. The van der Waals surface area contributed by atoms with Crippen LogP contribution in [-0.4, -0.2) is 4.98 Å². The Hall–Kier alpha value is -2.16. The Bertz CT molecular complexity index is 1140. The SMILES string of the molecule is Cc1cccc(-c2c(C)c(-c3ccccc3)nc3sc4c(c23)CCCC4)c1.[Cl-]. The van der Waals surface area contributed by atoms with E-state index in [-0.39, 0.29) is 12.4 Å². The van der Waals surface area contributed by atoms with Crippen molar-refractivity contribution in [3.63, 3.8) is 0 Å². The number of nitrogens with zero attached hydrogens (tertiary/aromatic N) is 1. The van der Waals surface area contributed by atoms with Crippen molar-refractivity contribution in [2.24, 2.45) is 0 Å². The van der Waals surface area contributed by atoms with E-state index >= 15 is 0 Å². The first-order valence-corrected chi connectivity index (χ1v) is 10.6. The average molecular weight is 405 g/mol. The molecule has 0 spiro atoms. The van der Waals surface area contributed by atoms with Gasteiger partial charge in [-0.05, 0) is 61.8 Å². The van der Waals surface area contributed by atoms with Crippen LogP contribution >= 0.6 is 11.3 Å². The zero-order valence-corrected chi connectivity index (χ0v) is 17.8. The number of pyridine rings is 1. The van der Waals surface area contributed by atoms with Gasteiger partial charge in [-0.15, -0.1) is 11.3 Å². The predicted molar refractivity (Wildman–Crippen MR) is 117 cm³/mol. The number of thiophene rings is 1. The number of aryl methyl sites for hydroxylation is 3. The van der Waals surface area contributed by atoms with E-state index in [0.717, 1.165) is 5.69 Å². The topological polar surface area (TPSA) is 12.9 Å². The van der Waals surface area contributed by atoms with E-state index in [4.69, 9.17) is 4.98 Å². The fraction of sp³-hybridized carbons (Fsp3) is 0.240. The third-order valence-electron chi connectivity index (χ3n) is 5.70. The van der Waals surface area contributed by atoms with Crippen LogP contribution in [-0.2, 0) is 12.8 Å². The van der Waals surface area contributed by atoms with Gasteiger partial charge in [0.1, 0.15) is 4.83 Å². The molecule has 0 saturated heterocycles. The Labute approximate surface area is 176 Å². The number of hydrogen-bond donors (Lipinski definition) is 0. The molecule has 1 nitrogen and oxygen atoms in total. The highest BCUT2D eigenvalue weighted by Gasteiger charge is 2.23. The Morgan fingerprint density at radius 1 is 0.857 bits per heavy atom. The van der Waals surface area contributed by atoms with Gasteiger partial charge < -0.3 is 12.4 Å². The summed E-state index contributed by atoms with van der Waals surface area (Å²) in [6.07, 6.45) is 5.01. The molecule has 0 fully saturated rings. The van der Waals surface area contributed by atoms with Gasteiger partial charge in [-0.1, -0.05) is 60.2 Å². The summed E-state index contributed by atoms with van der Waals surface area (Å²) in [5.41, 5.74) is 9.21. The van der Waals surface area contributed by atoms with Crippen molar-refractivity contribution in [3.8, 4) is 22.4 Å². The highest BCUT2D eigenvalue weighted by molar-refractivity contribution is 7.19. The van der Waals surface area contributed by atoms with Crippen LogP contribution in [0.25, 0.3) is 32.6 Å². The number of hydrogen-bond acceptors (Lipinski definition) is 2. The largest absolute Gasteiger partial charge is 1.00 e. The Morgan fingerprint density at radius 3 is 2.39 bits per heavy atom. The second-order valence-corrected chi connectivity index (χ2v) is 8.67. The average Bonchev–Trinajstić information content (AvgIpc) is 3.06. The lowest BCUT2D eigenvalue weighted by Gasteiger charge is -2.16. The van der Waals surface area contributed by atoms with E-state index in [9.17, 15) is 0 Å². The molecule has 5 rings (SSSR count). The summed E-state index contributed by atoms with van der Waals surface area (Å²) in [5, 5.41) is 1.41. The van der Waals surface area contributed by atoms with Crippen molar-refractivity contribution in [2.75, 3.05) is 0 Å². The molecule has 2 aromatic heterocycles. The van der Waals surface area contributed by atoms with E-state index in [2.05, 4.69) is 68.4 Å². The normalized spacial score (nSPS) is 13.2. The lowest BCUT2D eigenvalue weighted by molar-refractivity contribution is -0.00000535. The molecule has 1 aliphatic carbocycles. The summed E-state index contributed by atoms with van der Waals surface area (Å²) < 4.78 is 0. The van der Waals surface area contributed by atoms with Crippen molar-refractivity contribution < 1.29 is 12.4 Å². The van der Waals surface area contributed by atoms with E-state index in [1.807, 2.05) is 11.3 Å². The van der Waals surface area contributed by atoms with Gasteiger partial charge in [-0.2, -0.15) is 0 Å². The quantitative estimate of drug-likeness (QED) is 0.489. The molecule has 0 aliphatic heterocycles. The second-order valence-electron chi connectivity index (χ2n) is 7.59. The maximum absolute atomic E-state index is 5.18. The molecule has 142 valence electrons. The van der Waals surface area contributed by atoms with Gasteiger partial charge in [-0.25, -0.2) is 4.98 Å². The van der Waals surface area contributed by atoms with Crippen LogP contribution in [0.2, 0.25) is 0 Å². The summed E-state index contributed by atoms with van der Waals surface area (Å²) in [4.78, 5) is 7.95. The number of rotatable bonds is 2. The summed E-state index contributed by atoms with van der Waals surface area (Å²) in [6.45, 7) is 4.43. The first-order chi connectivity index (χ1) is 13.2. The van der Waals surface area contributed by atoms with Crippen LogP contribution in [0.5, 0.6) is 0 Å². The van der Waals surface area contributed by atoms with Crippen LogP contribution in [0.15, 0.2) is 54.6 Å².